The molecule has 2 rings (SSSR count). The largest absolute Gasteiger partial charge is 0.507 e. The van der Waals surface area contributed by atoms with Gasteiger partial charge in [-0.05, 0) is 18.2 Å². The number of hydrogen-bond donors (Lipinski definition) is 3. The Labute approximate surface area is 80.3 Å². The smallest absolute Gasteiger partial charge is 0.223 e. The van der Waals surface area contributed by atoms with Crippen LogP contribution in [0.1, 0.15) is 5.69 Å². The van der Waals surface area contributed by atoms with E-state index in [0.717, 1.165) is 5.52 Å². The molecule has 0 aliphatic rings. The predicted octanol–water partition coefficient (Wildman–Crippen LogP) is 0.901. The maximum atomic E-state index is 10.7. The van der Waals surface area contributed by atoms with Gasteiger partial charge in [0.25, 0.3) is 0 Å². The Morgan fingerprint density at radius 2 is 2.29 bits per heavy atom. The zero-order valence-corrected chi connectivity index (χ0v) is 7.45. The molecule has 1 heterocycles. The number of amides is 1. The second kappa shape index (κ2) is 3.06. The number of nitrogens with one attached hydrogen (secondary N) is 1. The predicted molar refractivity (Wildman–Crippen MR) is 52.9 cm³/mol. The first-order chi connectivity index (χ1) is 6.66. The highest BCUT2D eigenvalue weighted by Crippen LogP contribution is 2.24. The van der Waals surface area contributed by atoms with Crippen molar-refractivity contribution in [3.8, 4) is 5.75 Å². The third kappa shape index (κ3) is 1.42. The molecule has 4 heteroatoms. The van der Waals surface area contributed by atoms with E-state index in [-0.39, 0.29) is 12.2 Å². The van der Waals surface area contributed by atoms with Crippen LogP contribution >= 0.6 is 0 Å². The minimum atomic E-state index is -0.393. The molecule has 0 bridgehead atoms. The molecule has 4 N–H and O–H groups in total. The van der Waals surface area contributed by atoms with Crippen LogP contribution in [0.15, 0.2) is 24.3 Å². The summed E-state index contributed by atoms with van der Waals surface area (Å²) in [7, 11) is 0. The maximum absolute atomic E-state index is 10.7. The zero-order chi connectivity index (χ0) is 10.1. The second-order valence-corrected chi connectivity index (χ2v) is 3.18. The van der Waals surface area contributed by atoms with Gasteiger partial charge in [0.15, 0.2) is 0 Å². The SMILES string of the molecule is NC(=O)Cc1cc2c(O)cccc2[nH]1. The third-order valence-corrected chi connectivity index (χ3v) is 2.06. The molecule has 0 atom stereocenters. The number of phenols is 1. The summed E-state index contributed by atoms with van der Waals surface area (Å²) in [6.07, 6.45) is 0.161. The highest BCUT2D eigenvalue weighted by molar-refractivity contribution is 5.87. The van der Waals surface area contributed by atoms with Crippen LogP contribution in [0.3, 0.4) is 0 Å². The first kappa shape index (κ1) is 8.62. The van der Waals surface area contributed by atoms with Crippen molar-refractivity contribution in [1.82, 2.24) is 4.98 Å². The van der Waals surface area contributed by atoms with Crippen LogP contribution < -0.4 is 5.73 Å². The van der Waals surface area contributed by atoms with Crippen molar-refractivity contribution in [2.24, 2.45) is 5.73 Å². The number of phenolic OH excluding ortho intramolecular Hbond substituents is 1. The van der Waals surface area contributed by atoms with Crippen molar-refractivity contribution >= 4 is 16.8 Å². The number of carbonyl (C=O) groups is 1. The van der Waals surface area contributed by atoms with Gasteiger partial charge in [-0.25, -0.2) is 0 Å². The Balaban J connectivity index is 2.51. The van der Waals surface area contributed by atoms with Crippen molar-refractivity contribution < 1.29 is 9.90 Å². The molecular weight excluding hydrogens is 180 g/mol. The molecule has 0 spiro atoms. The number of primary amides is 1. The van der Waals surface area contributed by atoms with E-state index in [2.05, 4.69) is 4.98 Å². The van der Waals surface area contributed by atoms with Crippen LogP contribution in [0.2, 0.25) is 0 Å². The summed E-state index contributed by atoms with van der Waals surface area (Å²) in [4.78, 5) is 13.7. The summed E-state index contributed by atoms with van der Waals surface area (Å²) in [5.41, 5.74) is 6.59. The Hall–Kier alpha value is -1.97. The molecule has 0 fully saturated rings. The highest BCUT2D eigenvalue weighted by Gasteiger charge is 2.05. The first-order valence-corrected chi connectivity index (χ1v) is 4.24. The molecular formula is C10H10N2O2. The lowest BCUT2D eigenvalue weighted by molar-refractivity contribution is -0.117. The molecule has 0 unspecified atom stereocenters. The van der Waals surface area contributed by atoms with Gasteiger partial charge < -0.3 is 15.8 Å². The Kier molecular flexibility index (Phi) is 1.89. The number of fused-ring (bicyclic) bond motifs is 1. The highest BCUT2D eigenvalue weighted by atomic mass is 16.3. The van der Waals surface area contributed by atoms with Crippen molar-refractivity contribution in [1.29, 1.82) is 0 Å². The quantitative estimate of drug-likeness (QED) is 0.657. The van der Waals surface area contributed by atoms with Gasteiger partial charge in [-0.1, -0.05) is 6.07 Å². The molecule has 0 aliphatic carbocycles. The minimum absolute atomic E-state index is 0.161. The van der Waals surface area contributed by atoms with E-state index in [1.54, 1.807) is 18.2 Å². The lowest BCUT2D eigenvalue weighted by Crippen LogP contribution is -2.13. The first-order valence-electron chi connectivity index (χ1n) is 4.24. The van der Waals surface area contributed by atoms with E-state index in [9.17, 15) is 9.90 Å². The van der Waals surface area contributed by atoms with Gasteiger partial charge in [0, 0.05) is 16.6 Å². The molecule has 0 saturated carbocycles. The van der Waals surface area contributed by atoms with Gasteiger partial charge in [0.2, 0.25) is 5.91 Å². The molecule has 0 aliphatic heterocycles. The van der Waals surface area contributed by atoms with Gasteiger partial charge >= 0.3 is 0 Å². The topological polar surface area (TPSA) is 79.1 Å². The molecule has 72 valence electrons. The molecule has 14 heavy (non-hydrogen) atoms. The standard InChI is InChI=1S/C10H10N2O2/c11-10(14)5-6-4-7-8(12-6)2-1-3-9(7)13/h1-4,12-13H,5H2,(H2,11,14). The summed E-state index contributed by atoms with van der Waals surface area (Å²) >= 11 is 0. The molecule has 1 amide bonds. The number of benzene rings is 1. The number of aromatic hydroxyl groups is 1. The fraction of sp³-hybridized carbons (Fsp3) is 0.100. The maximum Gasteiger partial charge on any atom is 0.223 e. The van der Waals surface area contributed by atoms with Gasteiger partial charge in [0.05, 0.1) is 6.42 Å². The zero-order valence-electron chi connectivity index (χ0n) is 7.45. The molecule has 1 aromatic heterocycles. The second-order valence-electron chi connectivity index (χ2n) is 3.18. The average molecular weight is 190 g/mol. The normalized spacial score (nSPS) is 10.6. The number of H-pyrrole nitrogens is 1. The van der Waals surface area contributed by atoms with E-state index in [0.29, 0.717) is 11.1 Å². The fourth-order valence-electron chi connectivity index (χ4n) is 1.48. The van der Waals surface area contributed by atoms with Crippen LogP contribution in [0.5, 0.6) is 5.75 Å². The number of rotatable bonds is 2. The van der Waals surface area contributed by atoms with E-state index in [4.69, 9.17) is 5.73 Å². The lowest BCUT2D eigenvalue weighted by atomic mass is 10.2. The molecule has 4 nitrogen and oxygen atoms in total. The van der Waals surface area contributed by atoms with E-state index in [1.807, 2.05) is 6.07 Å². The number of carbonyl (C=O) groups excluding carboxylic acids is 1. The van der Waals surface area contributed by atoms with Gasteiger partial charge in [-0.3, -0.25) is 4.79 Å². The summed E-state index contributed by atoms with van der Waals surface area (Å²) < 4.78 is 0. The molecule has 1 aromatic carbocycles. The van der Waals surface area contributed by atoms with Crippen LogP contribution in [0, 0.1) is 0 Å². The van der Waals surface area contributed by atoms with Crippen molar-refractivity contribution in [3.05, 3.63) is 30.0 Å². The van der Waals surface area contributed by atoms with Crippen molar-refractivity contribution in [3.63, 3.8) is 0 Å². The van der Waals surface area contributed by atoms with Gasteiger partial charge in [-0.15, -0.1) is 0 Å². The van der Waals surface area contributed by atoms with Gasteiger partial charge in [0.1, 0.15) is 5.75 Å². The average Bonchev–Trinajstić information content (AvgIpc) is 2.47. The molecule has 0 radical (unpaired) electrons. The van der Waals surface area contributed by atoms with Crippen molar-refractivity contribution in [2.45, 2.75) is 6.42 Å². The number of aromatic amines is 1. The summed E-state index contributed by atoms with van der Waals surface area (Å²) in [5, 5.41) is 10.2. The van der Waals surface area contributed by atoms with E-state index >= 15 is 0 Å². The van der Waals surface area contributed by atoms with Crippen LogP contribution in [-0.4, -0.2) is 16.0 Å². The number of hydrogen-bond acceptors (Lipinski definition) is 2. The third-order valence-electron chi connectivity index (χ3n) is 2.06. The summed E-state index contributed by atoms with van der Waals surface area (Å²) in [6, 6.07) is 6.90. The van der Waals surface area contributed by atoms with E-state index < -0.39 is 5.91 Å². The van der Waals surface area contributed by atoms with Crippen LogP contribution in [-0.2, 0) is 11.2 Å². The Bertz CT molecular complexity index is 488. The molecule has 0 saturated heterocycles. The van der Waals surface area contributed by atoms with Crippen LogP contribution in [0.4, 0.5) is 0 Å². The van der Waals surface area contributed by atoms with Gasteiger partial charge in [-0.2, -0.15) is 0 Å². The molecule has 2 aromatic rings. The fourth-order valence-corrected chi connectivity index (χ4v) is 1.48. The number of nitrogens with two attached hydrogens (primary N) is 1. The van der Waals surface area contributed by atoms with Crippen molar-refractivity contribution in [2.75, 3.05) is 0 Å². The monoisotopic (exact) mass is 190 g/mol. The van der Waals surface area contributed by atoms with Crippen LogP contribution in [0.25, 0.3) is 10.9 Å². The number of aromatic nitrogens is 1. The lowest BCUT2D eigenvalue weighted by Gasteiger charge is -1.91. The summed E-state index contributed by atoms with van der Waals surface area (Å²) in [6.45, 7) is 0. The minimum Gasteiger partial charge on any atom is -0.507 e. The Morgan fingerprint density at radius 3 is 2.93 bits per heavy atom. The Morgan fingerprint density at radius 1 is 1.50 bits per heavy atom. The summed E-state index contributed by atoms with van der Waals surface area (Å²) in [5.74, 6) is -0.189. The van der Waals surface area contributed by atoms with E-state index in [1.165, 1.54) is 0 Å².